The molecule has 20 heavy (non-hydrogen) atoms. The number of carbonyl (C=O) groups excluding carboxylic acids is 1. The highest BCUT2D eigenvalue weighted by Gasteiger charge is 2.27. The fourth-order valence-electron chi connectivity index (χ4n) is 2.69. The molecule has 1 N–H and O–H groups in total. The molecule has 1 aliphatic rings. The zero-order valence-electron chi connectivity index (χ0n) is 11.0. The molecule has 0 spiro atoms. The Morgan fingerprint density at radius 3 is 3.00 bits per heavy atom. The third kappa shape index (κ3) is 2.43. The highest BCUT2D eigenvalue weighted by Crippen LogP contribution is 2.36. The molecule has 1 saturated heterocycles. The average Bonchev–Trinajstić information content (AvgIpc) is 2.84. The van der Waals surface area contributed by atoms with Gasteiger partial charge >= 0.3 is 0 Å². The van der Waals surface area contributed by atoms with Crippen LogP contribution in [0.2, 0.25) is 5.02 Å². The van der Waals surface area contributed by atoms with Gasteiger partial charge in [-0.3, -0.25) is 4.79 Å². The normalized spacial score (nSPS) is 19.5. The van der Waals surface area contributed by atoms with Crippen LogP contribution in [0.25, 0.3) is 10.1 Å². The maximum absolute atomic E-state index is 12.6. The maximum Gasteiger partial charge on any atom is 0.265 e. The minimum Gasteiger partial charge on any atom is -0.396 e. The number of likely N-dealkylation sites (tertiary alicyclic amines) is 1. The zero-order valence-corrected chi connectivity index (χ0v) is 12.6. The van der Waals surface area contributed by atoms with E-state index in [2.05, 4.69) is 0 Å². The van der Waals surface area contributed by atoms with Crippen molar-refractivity contribution < 1.29 is 9.90 Å². The van der Waals surface area contributed by atoms with Crippen LogP contribution in [-0.4, -0.2) is 35.6 Å². The van der Waals surface area contributed by atoms with Gasteiger partial charge in [-0.15, -0.1) is 11.3 Å². The third-order valence-electron chi connectivity index (χ3n) is 3.79. The molecule has 0 saturated carbocycles. The Labute approximate surface area is 126 Å². The summed E-state index contributed by atoms with van der Waals surface area (Å²) >= 11 is 7.80. The summed E-state index contributed by atoms with van der Waals surface area (Å²) in [5.74, 6) is 0.190. The number of piperidine rings is 1. The van der Waals surface area contributed by atoms with Crippen LogP contribution in [0.15, 0.2) is 24.3 Å². The van der Waals surface area contributed by atoms with Crippen LogP contribution in [0, 0.1) is 5.92 Å². The molecule has 1 aliphatic heterocycles. The summed E-state index contributed by atoms with van der Waals surface area (Å²) < 4.78 is 1.04. The molecule has 1 amide bonds. The number of amides is 1. The molecule has 0 aliphatic carbocycles. The van der Waals surface area contributed by atoms with Crippen LogP contribution in [0.1, 0.15) is 22.5 Å². The van der Waals surface area contributed by atoms with Crippen molar-refractivity contribution in [3.05, 3.63) is 34.2 Å². The first kappa shape index (κ1) is 13.9. The largest absolute Gasteiger partial charge is 0.396 e. The van der Waals surface area contributed by atoms with E-state index in [-0.39, 0.29) is 18.4 Å². The van der Waals surface area contributed by atoms with Crippen LogP contribution >= 0.6 is 22.9 Å². The van der Waals surface area contributed by atoms with E-state index in [4.69, 9.17) is 11.6 Å². The molecule has 2 aromatic rings. The average molecular weight is 310 g/mol. The zero-order chi connectivity index (χ0) is 14.1. The first-order valence-corrected chi connectivity index (χ1v) is 7.97. The van der Waals surface area contributed by atoms with Crippen LogP contribution in [-0.2, 0) is 0 Å². The van der Waals surface area contributed by atoms with Gasteiger partial charge in [0.15, 0.2) is 0 Å². The number of hydrogen-bond acceptors (Lipinski definition) is 3. The van der Waals surface area contributed by atoms with Gasteiger partial charge in [0.2, 0.25) is 0 Å². The van der Waals surface area contributed by atoms with E-state index in [9.17, 15) is 9.90 Å². The van der Waals surface area contributed by atoms with E-state index in [1.807, 2.05) is 29.2 Å². The number of rotatable bonds is 2. The van der Waals surface area contributed by atoms with Crippen LogP contribution in [0.5, 0.6) is 0 Å². The van der Waals surface area contributed by atoms with Crippen LogP contribution < -0.4 is 0 Å². The van der Waals surface area contributed by atoms with Crippen molar-refractivity contribution in [1.82, 2.24) is 4.90 Å². The van der Waals surface area contributed by atoms with Gasteiger partial charge in [-0.1, -0.05) is 29.8 Å². The molecule has 1 aromatic carbocycles. The number of hydrogen-bond donors (Lipinski definition) is 1. The number of fused-ring (bicyclic) bond motifs is 1. The van der Waals surface area contributed by atoms with Crippen molar-refractivity contribution in [3.8, 4) is 0 Å². The molecule has 0 radical (unpaired) electrons. The van der Waals surface area contributed by atoms with E-state index in [1.165, 1.54) is 11.3 Å². The lowest BCUT2D eigenvalue weighted by Crippen LogP contribution is -2.40. The van der Waals surface area contributed by atoms with Gasteiger partial charge in [0.05, 0.1) is 5.02 Å². The van der Waals surface area contributed by atoms with Crippen molar-refractivity contribution in [2.24, 2.45) is 5.92 Å². The Balaban J connectivity index is 1.90. The van der Waals surface area contributed by atoms with Crippen molar-refractivity contribution in [2.45, 2.75) is 12.8 Å². The van der Waals surface area contributed by atoms with Crippen molar-refractivity contribution in [1.29, 1.82) is 0 Å². The smallest absolute Gasteiger partial charge is 0.265 e. The third-order valence-corrected chi connectivity index (χ3v) is 5.46. The number of thiophene rings is 1. The van der Waals surface area contributed by atoms with Gasteiger partial charge in [0, 0.05) is 29.8 Å². The molecule has 3 rings (SSSR count). The summed E-state index contributed by atoms with van der Waals surface area (Å²) in [7, 11) is 0. The number of aliphatic hydroxyl groups excluding tert-OH is 1. The van der Waals surface area contributed by atoms with E-state index >= 15 is 0 Å². The van der Waals surface area contributed by atoms with Gasteiger partial charge in [-0.2, -0.15) is 0 Å². The number of benzene rings is 1. The summed E-state index contributed by atoms with van der Waals surface area (Å²) in [5, 5.41) is 10.8. The maximum atomic E-state index is 12.6. The van der Waals surface area contributed by atoms with Gasteiger partial charge in [-0.05, 0) is 24.8 Å². The minimum atomic E-state index is -0.00523. The van der Waals surface area contributed by atoms with Gasteiger partial charge < -0.3 is 10.0 Å². The molecule has 1 unspecified atom stereocenters. The van der Waals surface area contributed by atoms with Gasteiger partial charge in [0.1, 0.15) is 4.88 Å². The van der Waals surface area contributed by atoms with E-state index < -0.39 is 0 Å². The molecule has 106 valence electrons. The number of halogens is 1. The Bertz CT molecular complexity index is 640. The fraction of sp³-hybridized carbons (Fsp3) is 0.400. The fourth-order valence-corrected chi connectivity index (χ4v) is 4.17. The van der Waals surface area contributed by atoms with Crippen molar-refractivity contribution in [3.63, 3.8) is 0 Å². The lowest BCUT2D eigenvalue weighted by molar-refractivity contribution is 0.0625. The number of aliphatic hydroxyl groups is 1. The predicted molar refractivity (Wildman–Crippen MR) is 82.5 cm³/mol. The molecule has 3 nitrogen and oxygen atoms in total. The van der Waals surface area contributed by atoms with E-state index in [0.717, 1.165) is 29.5 Å². The molecule has 2 heterocycles. The molecule has 1 fully saturated rings. The van der Waals surface area contributed by atoms with Crippen LogP contribution in [0.3, 0.4) is 0 Å². The second kappa shape index (κ2) is 5.72. The summed E-state index contributed by atoms with van der Waals surface area (Å²) in [6.07, 6.45) is 1.93. The Hall–Kier alpha value is -1.10. The lowest BCUT2D eigenvalue weighted by atomic mass is 9.99. The minimum absolute atomic E-state index is 0.00523. The Morgan fingerprint density at radius 2 is 2.25 bits per heavy atom. The lowest BCUT2D eigenvalue weighted by Gasteiger charge is -2.31. The topological polar surface area (TPSA) is 40.5 Å². The van der Waals surface area contributed by atoms with E-state index in [0.29, 0.717) is 16.4 Å². The van der Waals surface area contributed by atoms with Gasteiger partial charge in [-0.25, -0.2) is 0 Å². The molecular weight excluding hydrogens is 294 g/mol. The van der Waals surface area contributed by atoms with Crippen molar-refractivity contribution >= 4 is 38.9 Å². The summed E-state index contributed by atoms with van der Waals surface area (Å²) in [4.78, 5) is 15.1. The highest BCUT2D eigenvalue weighted by molar-refractivity contribution is 7.21. The number of carbonyl (C=O) groups is 1. The molecule has 1 aromatic heterocycles. The predicted octanol–water partition coefficient (Wildman–Crippen LogP) is 3.40. The second-order valence-electron chi connectivity index (χ2n) is 5.18. The highest BCUT2D eigenvalue weighted by atomic mass is 35.5. The van der Waals surface area contributed by atoms with Gasteiger partial charge in [0.25, 0.3) is 5.91 Å². The molecule has 5 heteroatoms. The summed E-state index contributed by atoms with van der Waals surface area (Å²) in [5.41, 5.74) is 0. The summed E-state index contributed by atoms with van der Waals surface area (Å²) in [6.45, 7) is 1.52. The second-order valence-corrected chi connectivity index (χ2v) is 6.61. The Kier molecular flexibility index (Phi) is 3.96. The standard InChI is InChI=1S/C15H16ClNO2S/c16-13-11-5-1-2-6-12(11)20-14(13)15(19)17-7-3-4-10(8-17)9-18/h1-2,5-6,10,18H,3-4,7-9H2. The SMILES string of the molecule is O=C(c1sc2ccccc2c1Cl)N1CCCC(CO)C1. The molecular formula is C15H16ClNO2S. The quantitative estimate of drug-likeness (QED) is 0.923. The van der Waals surface area contributed by atoms with Crippen molar-refractivity contribution in [2.75, 3.05) is 19.7 Å². The molecule has 0 bridgehead atoms. The Morgan fingerprint density at radius 1 is 1.45 bits per heavy atom. The number of nitrogens with zero attached hydrogens (tertiary/aromatic N) is 1. The monoisotopic (exact) mass is 309 g/mol. The summed E-state index contributed by atoms with van der Waals surface area (Å²) in [6, 6.07) is 7.80. The first-order valence-electron chi connectivity index (χ1n) is 6.78. The molecule has 1 atom stereocenters. The van der Waals surface area contributed by atoms with E-state index in [1.54, 1.807) is 0 Å². The first-order chi connectivity index (χ1) is 9.70. The van der Waals surface area contributed by atoms with Crippen LogP contribution in [0.4, 0.5) is 0 Å².